The number of alkyl carbamates (subject to hydrolysis) is 1. The lowest BCUT2D eigenvalue weighted by atomic mass is 9.82. The first-order chi connectivity index (χ1) is 16.9. The van der Waals surface area contributed by atoms with Crippen LogP contribution in [0, 0.1) is 5.92 Å². The highest BCUT2D eigenvalue weighted by Gasteiger charge is 2.31. The Morgan fingerprint density at radius 1 is 1.00 bits per heavy atom. The van der Waals surface area contributed by atoms with Crippen LogP contribution in [-0.4, -0.2) is 54.2 Å². The molecule has 0 radical (unpaired) electrons. The lowest BCUT2D eigenvalue weighted by Gasteiger charge is -2.31. The van der Waals surface area contributed by atoms with Gasteiger partial charge in [0.1, 0.15) is 6.61 Å². The van der Waals surface area contributed by atoms with Crippen LogP contribution in [0.2, 0.25) is 0 Å². The van der Waals surface area contributed by atoms with Gasteiger partial charge in [0.15, 0.2) is 0 Å². The van der Waals surface area contributed by atoms with Crippen molar-refractivity contribution in [3.8, 4) is 11.1 Å². The average Bonchev–Trinajstić information content (AvgIpc) is 3.19. The maximum Gasteiger partial charge on any atom is 0.407 e. The molecular formula is C28H34N2O5. The molecule has 1 fully saturated rings. The van der Waals surface area contributed by atoms with Gasteiger partial charge in [-0.15, -0.1) is 0 Å². The van der Waals surface area contributed by atoms with Crippen molar-refractivity contribution in [1.29, 1.82) is 0 Å². The molecule has 0 aliphatic heterocycles. The van der Waals surface area contributed by atoms with Crippen molar-refractivity contribution in [1.82, 2.24) is 10.2 Å². The van der Waals surface area contributed by atoms with E-state index in [2.05, 4.69) is 29.6 Å². The number of hydrogen-bond donors (Lipinski definition) is 2. The van der Waals surface area contributed by atoms with E-state index < -0.39 is 12.1 Å². The molecule has 7 heteroatoms. The third-order valence-electron chi connectivity index (χ3n) is 7.35. The van der Waals surface area contributed by atoms with Crippen LogP contribution < -0.4 is 5.32 Å². The quantitative estimate of drug-likeness (QED) is 0.540. The zero-order valence-electron chi connectivity index (χ0n) is 20.2. The number of aliphatic carboxylic acids is 1. The Morgan fingerprint density at radius 3 is 2.20 bits per heavy atom. The second-order valence-corrected chi connectivity index (χ2v) is 9.64. The van der Waals surface area contributed by atoms with Gasteiger partial charge < -0.3 is 20.1 Å². The minimum absolute atomic E-state index is 0.0231. The number of carboxylic acid groups (broad SMARTS) is 1. The standard InChI is InChI=1S/C28H34N2O5/c1-30(16-15-27(32)33)26(31)17-25(19-9-3-2-4-10-19)29-28(34)35-18-24-22-13-7-5-11-20(22)21-12-6-8-14-23(21)24/h5-8,11-14,19,24-25H,2-4,9-10,15-18H2,1H3,(H,29,34)(H,32,33). The van der Waals surface area contributed by atoms with Gasteiger partial charge in [0, 0.05) is 32.0 Å². The number of hydrogen-bond acceptors (Lipinski definition) is 4. The van der Waals surface area contributed by atoms with Crippen LogP contribution in [0.3, 0.4) is 0 Å². The number of fused-ring (bicyclic) bond motifs is 3. The van der Waals surface area contributed by atoms with Crippen molar-refractivity contribution in [2.75, 3.05) is 20.2 Å². The molecule has 0 saturated heterocycles. The zero-order valence-corrected chi connectivity index (χ0v) is 20.2. The maximum absolute atomic E-state index is 12.9. The molecule has 0 aromatic heterocycles. The number of ether oxygens (including phenoxy) is 1. The molecule has 2 N–H and O–H groups in total. The van der Waals surface area contributed by atoms with E-state index in [0.717, 1.165) is 36.8 Å². The molecule has 1 saturated carbocycles. The van der Waals surface area contributed by atoms with Crippen molar-refractivity contribution in [2.24, 2.45) is 5.92 Å². The molecule has 1 unspecified atom stereocenters. The molecule has 0 spiro atoms. The fourth-order valence-corrected chi connectivity index (χ4v) is 5.40. The van der Waals surface area contributed by atoms with Crippen molar-refractivity contribution in [3.05, 3.63) is 59.7 Å². The van der Waals surface area contributed by atoms with Crippen molar-refractivity contribution in [2.45, 2.75) is 56.9 Å². The lowest BCUT2D eigenvalue weighted by molar-refractivity contribution is -0.138. The van der Waals surface area contributed by atoms with Crippen LogP contribution >= 0.6 is 0 Å². The molecule has 2 aromatic carbocycles. The van der Waals surface area contributed by atoms with E-state index in [1.165, 1.54) is 22.4 Å². The highest BCUT2D eigenvalue weighted by molar-refractivity contribution is 5.80. The molecule has 4 rings (SSSR count). The number of rotatable bonds is 9. The summed E-state index contributed by atoms with van der Waals surface area (Å²) in [6.07, 6.45) is 4.78. The van der Waals surface area contributed by atoms with Crippen molar-refractivity contribution >= 4 is 18.0 Å². The van der Waals surface area contributed by atoms with E-state index in [4.69, 9.17) is 9.84 Å². The molecular weight excluding hydrogens is 444 g/mol. The predicted molar refractivity (Wildman–Crippen MR) is 133 cm³/mol. The average molecular weight is 479 g/mol. The van der Waals surface area contributed by atoms with E-state index in [1.54, 1.807) is 7.05 Å². The number of carboxylic acids is 1. The molecule has 2 aliphatic rings. The Balaban J connectivity index is 1.40. The Labute approximate surface area is 206 Å². The largest absolute Gasteiger partial charge is 0.481 e. The fourth-order valence-electron chi connectivity index (χ4n) is 5.40. The summed E-state index contributed by atoms with van der Waals surface area (Å²) in [6, 6.07) is 16.1. The second kappa shape index (κ2) is 11.4. The van der Waals surface area contributed by atoms with Gasteiger partial charge in [-0.3, -0.25) is 9.59 Å². The topological polar surface area (TPSA) is 95.9 Å². The summed E-state index contributed by atoms with van der Waals surface area (Å²) in [5.41, 5.74) is 4.65. The first-order valence-electron chi connectivity index (χ1n) is 12.5. The van der Waals surface area contributed by atoms with Crippen LogP contribution in [0.25, 0.3) is 11.1 Å². The van der Waals surface area contributed by atoms with Gasteiger partial charge in [0.05, 0.1) is 6.42 Å². The number of benzene rings is 2. The summed E-state index contributed by atoms with van der Waals surface area (Å²) in [5.74, 6) is -0.919. The minimum atomic E-state index is -0.940. The van der Waals surface area contributed by atoms with Crippen molar-refractivity contribution < 1.29 is 24.2 Å². The Kier molecular flexibility index (Phi) is 8.06. The van der Waals surface area contributed by atoms with Crippen LogP contribution in [0.15, 0.2) is 48.5 Å². The summed E-state index contributed by atoms with van der Waals surface area (Å²) in [4.78, 5) is 38.0. The van der Waals surface area contributed by atoms with Crippen LogP contribution in [0.4, 0.5) is 4.79 Å². The Bertz CT molecular complexity index is 1020. The van der Waals surface area contributed by atoms with Crippen LogP contribution in [-0.2, 0) is 14.3 Å². The Morgan fingerprint density at radius 2 is 1.60 bits per heavy atom. The van der Waals surface area contributed by atoms with E-state index >= 15 is 0 Å². The van der Waals surface area contributed by atoms with Gasteiger partial charge in [-0.05, 0) is 41.0 Å². The van der Waals surface area contributed by atoms with Gasteiger partial charge in [-0.1, -0.05) is 67.8 Å². The van der Waals surface area contributed by atoms with E-state index in [-0.39, 0.29) is 49.8 Å². The zero-order chi connectivity index (χ0) is 24.8. The highest BCUT2D eigenvalue weighted by Crippen LogP contribution is 2.44. The number of nitrogens with one attached hydrogen (secondary N) is 1. The van der Waals surface area contributed by atoms with Gasteiger partial charge in [0.2, 0.25) is 5.91 Å². The van der Waals surface area contributed by atoms with Gasteiger partial charge in [-0.25, -0.2) is 4.79 Å². The third-order valence-corrected chi connectivity index (χ3v) is 7.35. The SMILES string of the molecule is CN(CCC(=O)O)C(=O)CC(NC(=O)OCC1c2ccccc2-c2ccccc21)C1CCCCC1. The third kappa shape index (κ3) is 6.02. The lowest BCUT2D eigenvalue weighted by Crippen LogP contribution is -2.45. The smallest absolute Gasteiger partial charge is 0.407 e. The molecule has 0 bridgehead atoms. The number of nitrogens with zero attached hydrogens (tertiary/aromatic N) is 1. The summed E-state index contributed by atoms with van der Waals surface area (Å²) >= 11 is 0. The molecule has 2 aliphatic carbocycles. The van der Waals surface area contributed by atoms with Crippen LogP contribution in [0.1, 0.15) is 62.0 Å². The normalized spacial score (nSPS) is 16.1. The van der Waals surface area contributed by atoms with Gasteiger partial charge in [-0.2, -0.15) is 0 Å². The number of amides is 2. The van der Waals surface area contributed by atoms with E-state index in [0.29, 0.717) is 0 Å². The van der Waals surface area contributed by atoms with Crippen LogP contribution in [0.5, 0.6) is 0 Å². The highest BCUT2D eigenvalue weighted by atomic mass is 16.5. The summed E-state index contributed by atoms with van der Waals surface area (Å²) in [5, 5.41) is 11.9. The van der Waals surface area contributed by atoms with E-state index in [9.17, 15) is 14.4 Å². The first-order valence-corrected chi connectivity index (χ1v) is 12.5. The molecule has 186 valence electrons. The van der Waals surface area contributed by atoms with Crippen molar-refractivity contribution in [3.63, 3.8) is 0 Å². The molecule has 7 nitrogen and oxygen atoms in total. The summed E-state index contributed by atoms with van der Waals surface area (Å²) in [6.45, 7) is 0.375. The molecule has 0 heterocycles. The Hall–Kier alpha value is -3.35. The van der Waals surface area contributed by atoms with E-state index in [1.807, 2.05) is 24.3 Å². The fraction of sp³-hybridized carbons (Fsp3) is 0.464. The van der Waals surface area contributed by atoms with Gasteiger partial charge >= 0.3 is 12.1 Å². The molecule has 1 atom stereocenters. The first kappa shape index (κ1) is 24.8. The predicted octanol–water partition coefficient (Wildman–Crippen LogP) is 4.80. The molecule has 2 amide bonds. The molecule has 35 heavy (non-hydrogen) atoms. The summed E-state index contributed by atoms with van der Waals surface area (Å²) < 4.78 is 5.73. The van der Waals surface area contributed by atoms with Gasteiger partial charge in [0.25, 0.3) is 0 Å². The second-order valence-electron chi connectivity index (χ2n) is 9.64. The molecule has 2 aromatic rings. The number of carbonyl (C=O) groups is 3. The summed E-state index contributed by atoms with van der Waals surface area (Å²) in [7, 11) is 1.61. The maximum atomic E-state index is 12.9. The monoisotopic (exact) mass is 478 g/mol. The number of carbonyl (C=O) groups excluding carboxylic acids is 2. The minimum Gasteiger partial charge on any atom is -0.481 e.